The molecule has 2 atom stereocenters. The third-order valence-corrected chi connectivity index (χ3v) is 3.60. The third-order valence-electron chi connectivity index (χ3n) is 3.60. The molecule has 0 aromatic heterocycles. The lowest BCUT2D eigenvalue weighted by Crippen LogP contribution is -2.16. The van der Waals surface area contributed by atoms with Crippen LogP contribution in [-0.2, 0) is 0 Å². The molecule has 0 aromatic carbocycles. The van der Waals surface area contributed by atoms with Gasteiger partial charge in [-0.2, -0.15) is 0 Å². The Labute approximate surface area is 136 Å². The Kier molecular flexibility index (Phi) is 12.4. The van der Waals surface area contributed by atoms with E-state index in [-0.39, 0.29) is 0 Å². The van der Waals surface area contributed by atoms with Crippen LogP contribution in [0, 0.1) is 17.2 Å². The van der Waals surface area contributed by atoms with Crippen LogP contribution in [0.15, 0.2) is 48.6 Å². The van der Waals surface area contributed by atoms with Crippen LogP contribution in [-0.4, -0.2) is 25.8 Å². The Hall–Kier alpha value is -1.45. The van der Waals surface area contributed by atoms with E-state index in [0.29, 0.717) is 24.1 Å². The molecule has 0 amide bonds. The van der Waals surface area contributed by atoms with Crippen LogP contribution >= 0.6 is 0 Å². The molecule has 0 saturated heterocycles. The SMILES string of the molecule is C=C(C=CC)C=CC(C=CC(CC)CCC(=N)CN)CNC. The Morgan fingerprint density at radius 2 is 2.00 bits per heavy atom. The predicted molar refractivity (Wildman–Crippen MR) is 99.4 cm³/mol. The van der Waals surface area contributed by atoms with Crippen molar-refractivity contribution in [2.75, 3.05) is 20.1 Å². The summed E-state index contributed by atoms with van der Waals surface area (Å²) in [7, 11) is 1.97. The van der Waals surface area contributed by atoms with Crippen LogP contribution in [0.1, 0.15) is 33.1 Å². The maximum absolute atomic E-state index is 7.65. The van der Waals surface area contributed by atoms with Gasteiger partial charge in [0.15, 0.2) is 0 Å². The summed E-state index contributed by atoms with van der Waals surface area (Å²) < 4.78 is 0. The van der Waals surface area contributed by atoms with Crippen molar-refractivity contribution in [2.24, 2.45) is 17.6 Å². The van der Waals surface area contributed by atoms with Crippen molar-refractivity contribution in [3.63, 3.8) is 0 Å². The number of nitrogens with one attached hydrogen (secondary N) is 2. The topological polar surface area (TPSA) is 61.9 Å². The van der Waals surface area contributed by atoms with Crippen LogP contribution in [0.2, 0.25) is 0 Å². The highest BCUT2D eigenvalue weighted by Crippen LogP contribution is 2.15. The van der Waals surface area contributed by atoms with Gasteiger partial charge in [-0.3, -0.25) is 0 Å². The summed E-state index contributed by atoms with van der Waals surface area (Å²) in [5.74, 6) is 0.869. The van der Waals surface area contributed by atoms with Gasteiger partial charge in [0.1, 0.15) is 0 Å². The van der Waals surface area contributed by atoms with Crippen LogP contribution in [0.5, 0.6) is 0 Å². The minimum Gasteiger partial charge on any atom is -0.326 e. The molecule has 0 radical (unpaired) electrons. The van der Waals surface area contributed by atoms with E-state index >= 15 is 0 Å². The van der Waals surface area contributed by atoms with E-state index in [1.165, 1.54) is 0 Å². The monoisotopic (exact) mass is 303 g/mol. The zero-order valence-electron chi connectivity index (χ0n) is 14.4. The summed E-state index contributed by atoms with van der Waals surface area (Å²) in [5, 5.41) is 10.9. The quantitative estimate of drug-likeness (QED) is 0.291. The van der Waals surface area contributed by atoms with Gasteiger partial charge in [-0.05, 0) is 44.7 Å². The first kappa shape index (κ1) is 20.6. The minimum atomic E-state index is 0.356. The number of rotatable bonds is 12. The van der Waals surface area contributed by atoms with Crippen LogP contribution < -0.4 is 11.1 Å². The summed E-state index contributed by atoms with van der Waals surface area (Å²) in [6.45, 7) is 9.46. The minimum absolute atomic E-state index is 0.356. The van der Waals surface area contributed by atoms with E-state index < -0.39 is 0 Å². The zero-order chi connectivity index (χ0) is 16.8. The summed E-state index contributed by atoms with van der Waals surface area (Å²) in [5.41, 5.74) is 7.13. The number of hydrogen-bond acceptors (Lipinski definition) is 3. The zero-order valence-corrected chi connectivity index (χ0v) is 14.4. The first-order valence-corrected chi connectivity index (χ1v) is 8.16. The van der Waals surface area contributed by atoms with Gasteiger partial charge in [0.2, 0.25) is 0 Å². The second kappa shape index (κ2) is 13.2. The summed E-state index contributed by atoms with van der Waals surface area (Å²) in [6, 6.07) is 0. The Bertz CT molecular complexity index is 405. The maximum Gasteiger partial charge on any atom is 0.0307 e. The Morgan fingerprint density at radius 3 is 2.55 bits per heavy atom. The van der Waals surface area contributed by atoms with Crippen molar-refractivity contribution in [3.05, 3.63) is 48.6 Å². The standard InChI is InChI=1S/C19H33N3/c1-5-7-16(3)8-9-18(15-22-4)11-10-17(6-2)12-13-19(21)14-20/h5,7-11,17-18,21-22H,3,6,12-15,20H2,1-2,4H3. The van der Waals surface area contributed by atoms with Gasteiger partial charge in [0.25, 0.3) is 0 Å². The summed E-state index contributed by atoms with van der Waals surface area (Å²) in [4.78, 5) is 0. The van der Waals surface area contributed by atoms with E-state index in [9.17, 15) is 0 Å². The fourth-order valence-electron chi connectivity index (χ4n) is 2.15. The van der Waals surface area contributed by atoms with Gasteiger partial charge < -0.3 is 16.5 Å². The lowest BCUT2D eigenvalue weighted by molar-refractivity contribution is 0.578. The highest BCUT2D eigenvalue weighted by atomic mass is 14.8. The largest absolute Gasteiger partial charge is 0.326 e. The first-order valence-electron chi connectivity index (χ1n) is 8.16. The first-order chi connectivity index (χ1) is 10.6. The second-order valence-corrected chi connectivity index (χ2v) is 5.56. The van der Waals surface area contributed by atoms with Gasteiger partial charge >= 0.3 is 0 Å². The van der Waals surface area contributed by atoms with Crippen LogP contribution in [0.3, 0.4) is 0 Å². The highest BCUT2D eigenvalue weighted by Gasteiger charge is 2.05. The molecule has 0 fully saturated rings. The molecule has 124 valence electrons. The number of allylic oxidation sites excluding steroid dienone is 5. The van der Waals surface area contributed by atoms with E-state index in [1.54, 1.807) is 0 Å². The van der Waals surface area contributed by atoms with Gasteiger partial charge in [-0.1, -0.05) is 50.0 Å². The highest BCUT2D eigenvalue weighted by molar-refractivity contribution is 5.83. The molecule has 22 heavy (non-hydrogen) atoms. The second-order valence-electron chi connectivity index (χ2n) is 5.56. The molecule has 0 aliphatic carbocycles. The molecule has 0 bridgehead atoms. The van der Waals surface area contributed by atoms with Crippen LogP contribution in [0.25, 0.3) is 0 Å². The van der Waals surface area contributed by atoms with Gasteiger partial charge in [0, 0.05) is 24.7 Å². The van der Waals surface area contributed by atoms with Crippen molar-refractivity contribution in [2.45, 2.75) is 33.1 Å². The number of hydrogen-bond donors (Lipinski definition) is 3. The van der Waals surface area contributed by atoms with Gasteiger partial charge in [-0.15, -0.1) is 0 Å². The molecule has 3 nitrogen and oxygen atoms in total. The molecular formula is C19H33N3. The molecule has 0 aliphatic rings. The molecule has 0 aliphatic heterocycles. The third kappa shape index (κ3) is 10.3. The lowest BCUT2D eigenvalue weighted by Gasteiger charge is -2.12. The van der Waals surface area contributed by atoms with Crippen molar-refractivity contribution < 1.29 is 0 Å². The molecule has 2 unspecified atom stereocenters. The maximum atomic E-state index is 7.65. The van der Waals surface area contributed by atoms with Crippen molar-refractivity contribution in [1.29, 1.82) is 5.41 Å². The van der Waals surface area contributed by atoms with Crippen LogP contribution in [0.4, 0.5) is 0 Å². The van der Waals surface area contributed by atoms with E-state index in [4.69, 9.17) is 11.1 Å². The van der Waals surface area contributed by atoms with E-state index in [2.05, 4.69) is 43.1 Å². The van der Waals surface area contributed by atoms with Gasteiger partial charge in [-0.25, -0.2) is 0 Å². The molecule has 0 rings (SSSR count). The summed E-state index contributed by atoms with van der Waals surface area (Å²) >= 11 is 0. The molecule has 0 spiro atoms. The van der Waals surface area contributed by atoms with Crippen molar-refractivity contribution >= 4 is 5.71 Å². The fourth-order valence-corrected chi connectivity index (χ4v) is 2.15. The van der Waals surface area contributed by atoms with E-state index in [0.717, 1.165) is 31.4 Å². The Balaban J connectivity index is 4.61. The average molecular weight is 303 g/mol. The van der Waals surface area contributed by atoms with Crippen molar-refractivity contribution in [3.8, 4) is 0 Å². The average Bonchev–Trinajstić information content (AvgIpc) is 2.52. The molecule has 0 heterocycles. The number of nitrogens with two attached hydrogens (primary N) is 1. The molecule has 3 heteroatoms. The smallest absolute Gasteiger partial charge is 0.0307 e. The lowest BCUT2D eigenvalue weighted by atomic mass is 9.95. The Morgan fingerprint density at radius 1 is 1.27 bits per heavy atom. The summed E-state index contributed by atoms with van der Waals surface area (Å²) in [6.07, 6.45) is 15.7. The molecule has 0 aromatic rings. The molecular weight excluding hydrogens is 270 g/mol. The fraction of sp³-hybridized carbons (Fsp3) is 0.526. The van der Waals surface area contributed by atoms with E-state index in [1.807, 2.05) is 26.1 Å². The molecule has 0 saturated carbocycles. The van der Waals surface area contributed by atoms with Crippen molar-refractivity contribution in [1.82, 2.24) is 5.32 Å². The molecule has 4 N–H and O–H groups in total. The predicted octanol–water partition coefficient (Wildman–Crippen LogP) is 3.85. The normalized spacial score (nSPS) is 14.9. The van der Waals surface area contributed by atoms with Gasteiger partial charge in [0.05, 0.1) is 0 Å².